The van der Waals surface area contributed by atoms with Crippen LogP contribution in [0.5, 0.6) is 5.75 Å². The Morgan fingerprint density at radius 2 is 1.54 bits per heavy atom. The zero-order valence-electron chi connectivity index (χ0n) is 14.4. The Morgan fingerprint density at radius 1 is 1.00 bits per heavy atom. The molecule has 1 saturated carbocycles. The smallest absolute Gasteiger partial charge is 0.217 e. The van der Waals surface area contributed by atoms with Crippen molar-refractivity contribution in [2.75, 3.05) is 0 Å². The van der Waals surface area contributed by atoms with Gasteiger partial charge in [0.2, 0.25) is 5.91 Å². The summed E-state index contributed by atoms with van der Waals surface area (Å²) in [5, 5.41) is 2.90. The van der Waals surface area contributed by atoms with Crippen LogP contribution in [0.25, 0.3) is 11.1 Å². The summed E-state index contributed by atoms with van der Waals surface area (Å²) in [5.41, 5.74) is 3.45. The van der Waals surface area contributed by atoms with Gasteiger partial charge < -0.3 is 10.1 Å². The number of hydrogen-bond donors (Lipinski definition) is 1. The van der Waals surface area contributed by atoms with Gasteiger partial charge in [0.1, 0.15) is 5.75 Å². The third kappa shape index (κ3) is 4.16. The van der Waals surface area contributed by atoms with E-state index in [9.17, 15) is 4.79 Å². The maximum Gasteiger partial charge on any atom is 0.217 e. The maximum atomic E-state index is 11.1. The van der Waals surface area contributed by atoms with Gasteiger partial charge in [-0.15, -0.1) is 0 Å². The van der Waals surface area contributed by atoms with Crippen LogP contribution in [-0.4, -0.2) is 12.0 Å². The molecule has 0 heterocycles. The molecule has 0 bridgehead atoms. The molecule has 2 aromatic carbocycles. The topological polar surface area (TPSA) is 38.3 Å². The normalized spacial score (nSPS) is 15.9. The van der Waals surface area contributed by atoms with E-state index in [4.69, 9.17) is 4.74 Å². The minimum Gasteiger partial charge on any atom is -0.490 e. The van der Waals surface area contributed by atoms with Gasteiger partial charge in [0.15, 0.2) is 0 Å². The first-order valence-corrected chi connectivity index (χ1v) is 8.76. The number of rotatable bonds is 5. The number of carbonyl (C=O) groups excluding carboxylic acids is 1. The number of hydrogen-bond acceptors (Lipinski definition) is 2. The van der Waals surface area contributed by atoms with Gasteiger partial charge in [-0.05, 0) is 61.4 Å². The zero-order valence-corrected chi connectivity index (χ0v) is 14.4. The monoisotopic (exact) mass is 323 g/mol. The summed E-state index contributed by atoms with van der Waals surface area (Å²) in [5.74, 6) is 0.950. The molecule has 1 aliphatic carbocycles. The molecule has 0 saturated heterocycles. The number of ether oxygens (including phenoxy) is 1. The number of carbonyl (C=O) groups is 1. The highest BCUT2D eigenvalue weighted by Crippen LogP contribution is 2.27. The fourth-order valence-electron chi connectivity index (χ4n) is 3.28. The van der Waals surface area contributed by atoms with Gasteiger partial charge in [0.05, 0.1) is 12.1 Å². The molecule has 24 heavy (non-hydrogen) atoms. The van der Waals surface area contributed by atoms with Crippen LogP contribution in [0.1, 0.15) is 51.1 Å². The Balaban J connectivity index is 1.66. The Hall–Kier alpha value is -2.29. The van der Waals surface area contributed by atoms with Crippen molar-refractivity contribution in [3.63, 3.8) is 0 Å². The lowest BCUT2D eigenvalue weighted by Crippen LogP contribution is -2.23. The van der Waals surface area contributed by atoms with Gasteiger partial charge in [-0.2, -0.15) is 0 Å². The zero-order chi connectivity index (χ0) is 16.9. The van der Waals surface area contributed by atoms with Gasteiger partial charge >= 0.3 is 0 Å². The second-order valence-electron chi connectivity index (χ2n) is 6.59. The van der Waals surface area contributed by atoms with E-state index in [1.165, 1.54) is 36.8 Å². The molecule has 1 aliphatic rings. The van der Waals surface area contributed by atoms with Crippen molar-refractivity contribution >= 4 is 5.91 Å². The molecule has 1 N–H and O–H groups in total. The molecule has 1 fully saturated rings. The molecular weight excluding hydrogens is 298 g/mol. The van der Waals surface area contributed by atoms with Crippen molar-refractivity contribution in [3.8, 4) is 16.9 Å². The first-order valence-electron chi connectivity index (χ1n) is 8.76. The lowest BCUT2D eigenvalue weighted by molar-refractivity contribution is -0.119. The molecule has 2 aromatic rings. The Labute approximate surface area is 144 Å². The van der Waals surface area contributed by atoms with Crippen LogP contribution >= 0.6 is 0 Å². The maximum absolute atomic E-state index is 11.1. The quantitative estimate of drug-likeness (QED) is 0.852. The molecule has 126 valence electrons. The predicted molar refractivity (Wildman–Crippen MR) is 97.0 cm³/mol. The van der Waals surface area contributed by atoms with E-state index in [0.29, 0.717) is 6.10 Å². The van der Waals surface area contributed by atoms with Crippen LogP contribution in [0.4, 0.5) is 0 Å². The average molecular weight is 323 g/mol. The van der Waals surface area contributed by atoms with Gasteiger partial charge in [-0.25, -0.2) is 0 Å². The Bertz CT molecular complexity index is 670. The summed E-state index contributed by atoms with van der Waals surface area (Å²) in [7, 11) is 0. The van der Waals surface area contributed by atoms with Gasteiger partial charge in [-0.1, -0.05) is 36.4 Å². The Morgan fingerprint density at radius 3 is 2.08 bits per heavy atom. The predicted octanol–water partition coefficient (Wildman–Crippen LogP) is 4.87. The summed E-state index contributed by atoms with van der Waals surface area (Å²) >= 11 is 0. The van der Waals surface area contributed by atoms with Crippen molar-refractivity contribution in [1.29, 1.82) is 0 Å². The fraction of sp³-hybridized carbons (Fsp3) is 0.381. The van der Waals surface area contributed by atoms with Crippen LogP contribution in [0, 0.1) is 0 Å². The van der Waals surface area contributed by atoms with E-state index in [1.807, 2.05) is 6.92 Å². The highest BCUT2D eigenvalue weighted by molar-refractivity contribution is 5.73. The molecule has 1 atom stereocenters. The molecular formula is C21H25NO2. The van der Waals surface area contributed by atoms with Crippen LogP contribution < -0.4 is 10.1 Å². The second kappa shape index (κ2) is 7.52. The molecule has 0 aliphatic heterocycles. The largest absolute Gasteiger partial charge is 0.490 e. The molecule has 3 rings (SSSR count). The summed E-state index contributed by atoms with van der Waals surface area (Å²) in [6.07, 6.45) is 5.31. The minimum atomic E-state index is -0.00979. The SMILES string of the molecule is CC(=O)NC(C)c1ccc(-c2ccc(OC3CCCC3)cc2)cc1. The summed E-state index contributed by atoms with van der Waals surface area (Å²) in [6.45, 7) is 3.53. The van der Waals surface area contributed by atoms with Crippen molar-refractivity contribution in [1.82, 2.24) is 5.32 Å². The summed E-state index contributed by atoms with van der Waals surface area (Å²) in [4.78, 5) is 11.1. The third-order valence-electron chi connectivity index (χ3n) is 4.62. The van der Waals surface area contributed by atoms with Gasteiger partial charge in [-0.3, -0.25) is 4.79 Å². The molecule has 1 amide bonds. The van der Waals surface area contributed by atoms with E-state index >= 15 is 0 Å². The first-order chi connectivity index (χ1) is 11.6. The van der Waals surface area contributed by atoms with Crippen LogP contribution in [0.2, 0.25) is 0 Å². The molecule has 3 nitrogen and oxygen atoms in total. The molecule has 0 radical (unpaired) electrons. The van der Waals surface area contributed by atoms with Gasteiger partial charge in [0, 0.05) is 6.92 Å². The lowest BCUT2D eigenvalue weighted by atomic mass is 10.0. The second-order valence-corrected chi connectivity index (χ2v) is 6.59. The van der Waals surface area contributed by atoms with Crippen molar-refractivity contribution < 1.29 is 9.53 Å². The molecule has 0 aromatic heterocycles. The van der Waals surface area contributed by atoms with Gasteiger partial charge in [0.25, 0.3) is 0 Å². The van der Waals surface area contributed by atoms with Crippen molar-refractivity contribution in [2.24, 2.45) is 0 Å². The van der Waals surface area contributed by atoms with Crippen molar-refractivity contribution in [3.05, 3.63) is 54.1 Å². The number of amides is 1. The van der Waals surface area contributed by atoms with E-state index in [2.05, 4.69) is 53.8 Å². The van der Waals surface area contributed by atoms with Crippen molar-refractivity contribution in [2.45, 2.75) is 51.7 Å². The molecule has 3 heteroatoms. The standard InChI is InChI=1S/C21H25NO2/c1-15(22-16(2)23)17-7-9-18(10-8-17)19-11-13-21(14-12-19)24-20-5-3-4-6-20/h7-15,20H,3-6H2,1-2H3,(H,22,23). The van der Waals surface area contributed by atoms with Crippen LogP contribution in [0.15, 0.2) is 48.5 Å². The summed E-state index contributed by atoms with van der Waals surface area (Å²) in [6, 6.07) is 16.7. The van der Waals surface area contributed by atoms with E-state index in [0.717, 1.165) is 11.3 Å². The molecule has 0 spiro atoms. The first kappa shape index (κ1) is 16.6. The number of benzene rings is 2. The number of nitrogens with one attached hydrogen (secondary N) is 1. The lowest BCUT2D eigenvalue weighted by Gasteiger charge is -2.14. The van der Waals surface area contributed by atoms with Crippen LogP contribution in [0.3, 0.4) is 0 Å². The Kier molecular flexibility index (Phi) is 5.19. The fourth-order valence-corrected chi connectivity index (χ4v) is 3.28. The summed E-state index contributed by atoms with van der Waals surface area (Å²) < 4.78 is 6.01. The minimum absolute atomic E-state index is 0.00979. The van der Waals surface area contributed by atoms with E-state index < -0.39 is 0 Å². The third-order valence-corrected chi connectivity index (χ3v) is 4.62. The van der Waals surface area contributed by atoms with E-state index in [-0.39, 0.29) is 11.9 Å². The average Bonchev–Trinajstić information content (AvgIpc) is 3.08. The highest BCUT2D eigenvalue weighted by Gasteiger charge is 2.16. The molecule has 1 unspecified atom stereocenters. The van der Waals surface area contributed by atoms with E-state index in [1.54, 1.807) is 6.92 Å². The highest BCUT2D eigenvalue weighted by atomic mass is 16.5. The van der Waals surface area contributed by atoms with Crippen LogP contribution in [-0.2, 0) is 4.79 Å².